The van der Waals surface area contributed by atoms with Gasteiger partial charge in [0.1, 0.15) is 0 Å². The van der Waals surface area contributed by atoms with Crippen molar-refractivity contribution in [3.8, 4) is 0 Å². The summed E-state index contributed by atoms with van der Waals surface area (Å²) < 4.78 is 0. The predicted molar refractivity (Wildman–Crippen MR) is 82.4 cm³/mol. The largest absolute Gasteiger partial charge is 0.385 e. The van der Waals surface area contributed by atoms with Crippen molar-refractivity contribution in [2.45, 2.75) is 57.5 Å². The molecule has 0 heterocycles. The van der Waals surface area contributed by atoms with Gasteiger partial charge in [-0.1, -0.05) is 50.5 Å². The third-order valence-corrected chi connectivity index (χ3v) is 6.01. The monoisotopic (exact) mass is 273 g/mol. The van der Waals surface area contributed by atoms with Crippen LogP contribution in [-0.2, 0) is 12.0 Å². The summed E-state index contributed by atoms with van der Waals surface area (Å²) in [6.45, 7) is 2.87. The van der Waals surface area contributed by atoms with Crippen LogP contribution < -0.4 is 5.73 Å². The Balaban J connectivity index is 2.01. The van der Waals surface area contributed by atoms with Gasteiger partial charge < -0.3 is 10.8 Å². The Morgan fingerprint density at radius 2 is 2.10 bits per heavy atom. The molecule has 20 heavy (non-hydrogen) atoms. The van der Waals surface area contributed by atoms with Crippen LogP contribution in [0.15, 0.2) is 24.3 Å². The number of aliphatic hydroxyl groups is 1. The zero-order valence-corrected chi connectivity index (χ0v) is 12.6. The number of fused-ring (bicyclic) bond motifs is 1. The Kier molecular flexibility index (Phi) is 3.64. The Bertz CT molecular complexity index is 486. The van der Waals surface area contributed by atoms with Crippen molar-refractivity contribution in [2.24, 2.45) is 17.1 Å². The van der Waals surface area contributed by atoms with Crippen LogP contribution in [0.5, 0.6) is 0 Å². The average molecular weight is 273 g/mol. The molecule has 2 aliphatic carbocycles. The first-order valence-corrected chi connectivity index (χ1v) is 8.16. The van der Waals surface area contributed by atoms with Crippen LogP contribution in [0.1, 0.15) is 56.6 Å². The fraction of sp³-hybridized carbons (Fsp3) is 0.667. The summed E-state index contributed by atoms with van der Waals surface area (Å²) in [7, 11) is 0. The minimum Gasteiger partial charge on any atom is -0.385 e. The third kappa shape index (κ3) is 1.93. The molecule has 2 aliphatic rings. The van der Waals surface area contributed by atoms with Gasteiger partial charge in [-0.05, 0) is 42.7 Å². The first-order valence-electron chi connectivity index (χ1n) is 8.16. The molecule has 0 radical (unpaired) electrons. The highest BCUT2D eigenvalue weighted by Crippen LogP contribution is 2.56. The highest BCUT2D eigenvalue weighted by atomic mass is 16.3. The van der Waals surface area contributed by atoms with E-state index in [1.54, 1.807) is 0 Å². The molecule has 110 valence electrons. The van der Waals surface area contributed by atoms with Crippen molar-refractivity contribution in [1.82, 2.24) is 0 Å². The molecule has 0 amide bonds. The van der Waals surface area contributed by atoms with Crippen molar-refractivity contribution >= 4 is 0 Å². The fourth-order valence-electron chi connectivity index (χ4n) is 4.71. The van der Waals surface area contributed by atoms with Crippen LogP contribution in [0, 0.1) is 11.3 Å². The molecule has 0 saturated heterocycles. The smallest absolute Gasteiger partial charge is 0.0970 e. The molecule has 0 aromatic heterocycles. The Labute approximate surface area is 122 Å². The van der Waals surface area contributed by atoms with Crippen molar-refractivity contribution in [1.29, 1.82) is 0 Å². The van der Waals surface area contributed by atoms with Crippen LogP contribution in [-0.4, -0.2) is 11.7 Å². The summed E-state index contributed by atoms with van der Waals surface area (Å²) in [5.74, 6) is 0.726. The van der Waals surface area contributed by atoms with Crippen LogP contribution in [0.2, 0.25) is 0 Å². The van der Waals surface area contributed by atoms with E-state index in [1.807, 2.05) is 0 Å². The number of hydrogen-bond donors (Lipinski definition) is 2. The van der Waals surface area contributed by atoms with E-state index in [0.29, 0.717) is 6.54 Å². The van der Waals surface area contributed by atoms with E-state index < -0.39 is 5.60 Å². The lowest BCUT2D eigenvalue weighted by atomic mass is 9.58. The van der Waals surface area contributed by atoms with Gasteiger partial charge in [-0.25, -0.2) is 0 Å². The lowest BCUT2D eigenvalue weighted by Gasteiger charge is -2.50. The van der Waals surface area contributed by atoms with E-state index >= 15 is 0 Å². The van der Waals surface area contributed by atoms with E-state index in [2.05, 4.69) is 31.2 Å². The van der Waals surface area contributed by atoms with E-state index in [4.69, 9.17) is 5.73 Å². The van der Waals surface area contributed by atoms with Crippen LogP contribution in [0.4, 0.5) is 0 Å². The second kappa shape index (κ2) is 5.16. The lowest BCUT2D eigenvalue weighted by molar-refractivity contribution is -0.114. The summed E-state index contributed by atoms with van der Waals surface area (Å²) in [6, 6.07) is 8.42. The van der Waals surface area contributed by atoms with Crippen molar-refractivity contribution < 1.29 is 5.11 Å². The topological polar surface area (TPSA) is 46.2 Å². The zero-order chi connectivity index (χ0) is 14.2. The van der Waals surface area contributed by atoms with Gasteiger partial charge in [0, 0.05) is 12.0 Å². The first kappa shape index (κ1) is 14.1. The first-order chi connectivity index (χ1) is 9.65. The minimum absolute atomic E-state index is 0.113. The maximum Gasteiger partial charge on any atom is 0.0970 e. The summed E-state index contributed by atoms with van der Waals surface area (Å²) in [5, 5.41) is 11.6. The van der Waals surface area contributed by atoms with E-state index in [9.17, 15) is 5.11 Å². The third-order valence-electron chi connectivity index (χ3n) is 6.01. The second-order valence-corrected chi connectivity index (χ2v) is 6.87. The highest BCUT2D eigenvalue weighted by Gasteiger charge is 2.54. The molecule has 2 heteroatoms. The summed E-state index contributed by atoms with van der Waals surface area (Å²) in [5.41, 5.74) is 7.88. The standard InChI is InChI=1S/C18H27NO/c1-2-14-6-5-10-17(12-14,13-19)18(20)11-9-15-7-3-4-8-16(15)18/h3-4,7-8,14,20H,2,5-6,9-13,19H2,1H3. The molecule has 3 rings (SSSR count). The van der Waals surface area contributed by atoms with Gasteiger partial charge in [-0.2, -0.15) is 0 Å². The number of nitrogens with two attached hydrogens (primary N) is 1. The van der Waals surface area contributed by atoms with Gasteiger partial charge in [0.2, 0.25) is 0 Å². The van der Waals surface area contributed by atoms with Crippen LogP contribution >= 0.6 is 0 Å². The SMILES string of the molecule is CCC1CCCC(CN)(C2(O)CCc3ccccc32)C1. The maximum absolute atomic E-state index is 11.6. The second-order valence-electron chi connectivity index (χ2n) is 6.87. The highest BCUT2D eigenvalue weighted by molar-refractivity contribution is 5.39. The van der Waals surface area contributed by atoms with Gasteiger partial charge in [-0.3, -0.25) is 0 Å². The Morgan fingerprint density at radius 3 is 2.85 bits per heavy atom. The average Bonchev–Trinajstić information content (AvgIpc) is 2.87. The molecular formula is C18H27NO. The number of hydrogen-bond acceptors (Lipinski definition) is 2. The van der Waals surface area contributed by atoms with Crippen LogP contribution in [0.3, 0.4) is 0 Å². The van der Waals surface area contributed by atoms with Gasteiger partial charge in [-0.15, -0.1) is 0 Å². The predicted octanol–water partition coefficient (Wildman–Crippen LogP) is 3.37. The van der Waals surface area contributed by atoms with Gasteiger partial charge in [0.15, 0.2) is 0 Å². The van der Waals surface area contributed by atoms with Gasteiger partial charge in [0.05, 0.1) is 5.60 Å². The number of benzene rings is 1. The molecule has 1 saturated carbocycles. The Hall–Kier alpha value is -0.860. The van der Waals surface area contributed by atoms with Gasteiger partial charge in [0.25, 0.3) is 0 Å². The molecule has 0 aliphatic heterocycles. The minimum atomic E-state index is -0.702. The summed E-state index contributed by atoms with van der Waals surface area (Å²) in [6.07, 6.45) is 7.72. The van der Waals surface area contributed by atoms with Crippen LogP contribution in [0.25, 0.3) is 0 Å². The molecule has 1 fully saturated rings. The number of aryl methyl sites for hydroxylation is 1. The Morgan fingerprint density at radius 1 is 1.30 bits per heavy atom. The molecule has 1 aromatic rings. The molecule has 3 N–H and O–H groups in total. The molecule has 2 nitrogen and oxygen atoms in total. The normalized spacial score (nSPS) is 36.9. The fourth-order valence-corrected chi connectivity index (χ4v) is 4.71. The summed E-state index contributed by atoms with van der Waals surface area (Å²) in [4.78, 5) is 0. The van der Waals surface area contributed by atoms with Crippen molar-refractivity contribution in [3.05, 3.63) is 35.4 Å². The summed E-state index contributed by atoms with van der Waals surface area (Å²) >= 11 is 0. The van der Waals surface area contributed by atoms with E-state index in [-0.39, 0.29) is 5.41 Å². The quantitative estimate of drug-likeness (QED) is 0.887. The van der Waals surface area contributed by atoms with E-state index in [0.717, 1.165) is 37.2 Å². The molecule has 0 spiro atoms. The lowest BCUT2D eigenvalue weighted by Crippen LogP contribution is -2.51. The van der Waals surface area contributed by atoms with Crippen molar-refractivity contribution in [3.63, 3.8) is 0 Å². The van der Waals surface area contributed by atoms with Crippen molar-refractivity contribution in [2.75, 3.05) is 6.54 Å². The molecular weight excluding hydrogens is 246 g/mol. The molecule has 3 unspecified atom stereocenters. The number of rotatable bonds is 3. The van der Waals surface area contributed by atoms with Gasteiger partial charge >= 0.3 is 0 Å². The maximum atomic E-state index is 11.6. The molecule has 1 aromatic carbocycles. The molecule has 3 atom stereocenters. The zero-order valence-electron chi connectivity index (χ0n) is 12.6. The molecule has 0 bridgehead atoms. The van der Waals surface area contributed by atoms with E-state index in [1.165, 1.54) is 24.8 Å².